The van der Waals surface area contributed by atoms with Crippen LogP contribution in [-0.4, -0.2) is 41.5 Å². The number of rotatable bonds is 3. The summed E-state index contributed by atoms with van der Waals surface area (Å²) in [5.74, 6) is 0.0580. The molecule has 2 atom stereocenters. The topological polar surface area (TPSA) is 60.2 Å². The van der Waals surface area contributed by atoms with Crippen LogP contribution in [0.25, 0.3) is 0 Å². The van der Waals surface area contributed by atoms with Gasteiger partial charge in [-0.25, -0.2) is 4.39 Å². The van der Waals surface area contributed by atoms with E-state index in [0.717, 1.165) is 44.6 Å². The van der Waals surface area contributed by atoms with Gasteiger partial charge in [-0.2, -0.15) is 5.26 Å². The average Bonchev–Trinajstić information content (AvgIpc) is 2.74. The van der Waals surface area contributed by atoms with Gasteiger partial charge in [-0.15, -0.1) is 0 Å². The zero-order valence-electron chi connectivity index (χ0n) is 15.7. The van der Waals surface area contributed by atoms with Crippen molar-refractivity contribution in [3.63, 3.8) is 0 Å². The first kappa shape index (κ1) is 18.4. The minimum Gasteiger partial charge on any atom is -0.370 e. The van der Waals surface area contributed by atoms with Gasteiger partial charge in [0.05, 0.1) is 17.7 Å². The van der Waals surface area contributed by atoms with E-state index >= 15 is 0 Å². The highest BCUT2D eigenvalue weighted by molar-refractivity contribution is 5.79. The number of likely N-dealkylation sites (tertiary alicyclic amines) is 1. The molecule has 0 aliphatic carbocycles. The first-order valence-corrected chi connectivity index (χ1v) is 9.79. The number of fused-ring (bicyclic) bond motifs is 1. The lowest BCUT2D eigenvalue weighted by Gasteiger charge is -2.48. The molecule has 3 heterocycles. The fourth-order valence-corrected chi connectivity index (χ4v) is 4.59. The molecule has 2 aliphatic rings. The van der Waals surface area contributed by atoms with Crippen molar-refractivity contribution < 1.29 is 9.18 Å². The Kier molecular flexibility index (Phi) is 5.25. The normalized spacial score (nSPS) is 21.7. The summed E-state index contributed by atoms with van der Waals surface area (Å²) >= 11 is 0. The predicted octanol–water partition coefficient (Wildman–Crippen LogP) is 3.15. The highest BCUT2D eigenvalue weighted by Crippen LogP contribution is 2.34. The lowest BCUT2D eigenvalue weighted by molar-refractivity contribution is -0.136. The van der Waals surface area contributed by atoms with E-state index in [0.29, 0.717) is 17.0 Å². The third-order valence-corrected chi connectivity index (χ3v) is 5.95. The van der Waals surface area contributed by atoms with Crippen LogP contribution in [0.1, 0.15) is 30.4 Å². The Morgan fingerprint density at radius 2 is 2.11 bits per heavy atom. The number of piperidine rings is 2. The number of nitriles is 1. The van der Waals surface area contributed by atoms with Gasteiger partial charge in [0.1, 0.15) is 11.9 Å². The molecule has 4 rings (SSSR count). The lowest BCUT2D eigenvalue weighted by atomic mass is 9.83. The van der Waals surface area contributed by atoms with Gasteiger partial charge in [0.25, 0.3) is 0 Å². The van der Waals surface area contributed by atoms with E-state index in [4.69, 9.17) is 0 Å². The molecule has 0 bridgehead atoms. The third-order valence-electron chi connectivity index (χ3n) is 5.95. The van der Waals surface area contributed by atoms with Crippen LogP contribution in [0.2, 0.25) is 0 Å². The number of aromatic nitrogens is 1. The van der Waals surface area contributed by atoms with E-state index in [-0.39, 0.29) is 24.2 Å². The van der Waals surface area contributed by atoms with Crippen molar-refractivity contribution in [1.29, 1.82) is 5.26 Å². The lowest BCUT2D eigenvalue weighted by Crippen LogP contribution is -2.56. The van der Waals surface area contributed by atoms with Gasteiger partial charge in [0, 0.05) is 38.1 Å². The van der Waals surface area contributed by atoms with Gasteiger partial charge in [-0.05, 0) is 42.9 Å². The average molecular weight is 378 g/mol. The van der Waals surface area contributed by atoms with Crippen molar-refractivity contribution in [3.8, 4) is 6.07 Å². The Bertz CT molecular complexity index is 909. The largest absolute Gasteiger partial charge is 0.370 e. The van der Waals surface area contributed by atoms with E-state index in [2.05, 4.69) is 16.0 Å². The molecule has 6 heteroatoms. The van der Waals surface area contributed by atoms with Crippen molar-refractivity contribution in [1.82, 2.24) is 9.88 Å². The zero-order chi connectivity index (χ0) is 19.5. The first-order valence-electron chi connectivity index (χ1n) is 9.79. The van der Waals surface area contributed by atoms with E-state index in [1.54, 1.807) is 30.6 Å². The molecule has 0 radical (unpaired) electrons. The molecule has 1 aromatic carbocycles. The van der Waals surface area contributed by atoms with Crippen LogP contribution < -0.4 is 4.90 Å². The summed E-state index contributed by atoms with van der Waals surface area (Å²) in [5.41, 5.74) is 1.97. The van der Waals surface area contributed by atoms with Crippen LogP contribution in [0.5, 0.6) is 0 Å². The van der Waals surface area contributed by atoms with Gasteiger partial charge in [-0.1, -0.05) is 18.2 Å². The maximum atomic E-state index is 14.0. The number of nitrogens with zero attached hydrogens (tertiary/aromatic N) is 4. The predicted molar refractivity (Wildman–Crippen MR) is 104 cm³/mol. The molecule has 2 aromatic rings. The molecule has 2 saturated heterocycles. The minimum atomic E-state index is -0.319. The van der Waals surface area contributed by atoms with Gasteiger partial charge in [0.2, 0.25) is 5.91 Å². The fraction of sp³-hybridized carbons (Fsp3) is 0.409. The Morgan fingerprint density at radius 3 is 2.93 bits per heavy atom. The number of halogens is 1. The molecule has 1 aromatic heterocycles. The smallest absolute Gasteiger partial charge is 0.227 e. The van der Waals surface area contributed by atoms with Crippen LogP contribution in [0, 0.1) is 23.1 Å². The van der Waals surface area contributed by atoms with E-state index < -0.39 is 0 Å². The Morgan fingerprint density at radius 1 is 1.25 bits per heavy atom. The molecule has 5 nitrogen and oxygen atoms in total. The molecule has 0 spiro atoms. The van der Waals surface area contributed by atoms with Crippen molar-refractivity contribution in [2.45, 2.75) is 31.7 Å². The Balaban J connectivity index is 1.47. The molecule has 144 valence electrons. The van der Waals surface area contributed by atoms with Crippen molar-refractivity contribution in [3.05, 3.63) is 59.7 Å². The molecule has 0 saturated carbocycles. The Labute approximate surface area is 164 Å². The summed E-state index contributed by atoms with van der Waals surface area (Å²) in [6, 6.07) is 10.8. The molecule has 2 aliphatic heterocycles. The molecular weight excluding hydrogens is 355 g/mol. The standard InChI is InChI=1S/C22H23FN4O/c23-19-6-2-1-4-16(19)12-22(28)27-10-3-5-17-15-26(11-8-21(17)27)20-7-9-25-14-18(20)13-24/h1-2,4,6-7,9,14,17,21H,3,5,8,10-12,15H2. The molecule has 1 amide bonds. The number of carbonyl (C=O) groups excluding carboxylic acids is 1. The maximum Gasteiger partial charge on any atom is 0.227 e. The van der Waals surface area contributed by atoms with Gasteiger partial charge in [0.15, 0.2) is 0 Å². The van der Waals surface area contributed by atoms with E-state index in [1.807, 2.05) is 11.0 Å². The summed E-state index contributed by atoms with van der Waals surface area (Å²) in [6.07, 6.45) is 6.32. The van der Waals surface area contributed by atoms with Crippen LogP contribution in [0.15, 0.2) is 42.7 Å². The number of pyridine rings is 1. The second kappa shape index (κ2) is 7.97. The molecule has 28 heavy (non-hydrogen) atoms. The number of anilines is 1. The van der Waals surface area contributed by atoms with Crippen molar-refractivity contribution in [2.24, 2.45) is 5.92 Å². The highest BCUT2D eigenvalue weighted by atomic mass is 19.1. The summed E-state index contributed by atoms with van der Waals surface area (Å²) < 4.78 is 14.0. The number of hydrogen-bond donors (Lipinski definition) is 0. The van der Waals surface area contributed by atoms with Crippen LogP contribution in [0.4, 0.5) is 10.1 Å². The number of benzene rings is 1. The zero-order valence-corrected chi connectivity index (χ0v) is 15.7. The molecular formula is C22H23FN4O. The number of amides is 1. The Hall–Kier alpha value is -2.94. The van der Waals surface area contributed by atoms with E-state index in [9.17, 15) is 14.4 Å². The second-order valence-corrected chi connectivity index (χ2v) is 7.56. The monoisotopic (exact) mass is 378 g/mol. The first-order chi connectivity index (χ1) is 13.7. The van der Waals surface area contributed by atoms with Crippen LogP contribution >= 0.6 is 0 Å². The van der Waals surface area contributed by atoms with Crippen molar-refractivity contribution >= 4 is 11.6 Å². The van der Waals surface area contributed by atoms with E-state index in [1.165, 1.54) is 6.07 Å². The summed E-state index contributed by atoms with van der Waals surface area (Å²) in [6.45, 7) is 2.36. The third kappa shape index (κ3) is 3.57. The van der Waals surface area contributed by atoms with Crippen LogP contribution in [-0.2, 0) is 11.2 Å². The summed E-state index contributed by atoms with van der Waals surface area (Å²) in [4.78, 5) is 21.2. The number of hydrogen-bond acceptors (Lipinski definition) is 4. The van der Waals surface area contributed by atoms with Gasteiger partial charge in [-0.3, -0.25) is 9.78 Å². The van der Waals surface area contributed by atoms with Crippen LogP contribution in [0.3, 0.4) is 0 Å². The SMILES string of the molecule is N#Cc1cnccc1N1CCC2C(CCCN2C(=O)Cc2ccccc2F)C1. The maximum absolute atomic E-state index is 14.0. The van der Waals surface area contributed by atoms with Crippen molar-refractivity contribution in [2.75, 3.05) is 24.5 Å². The minimum absolute atomic E-state index is 0.00914. The fourth-order valence-electron chi connectivity index (χ4n) is 4.59. The number of carbonyl (C=O) groups is 1. The highest BCUT2D eigenvalue weighted by Gasteiger charge is 2.38. The summed E-state index contributed by atoms with van der Waals surface area (Å²) in [5, 5.41) is 9.36. The van der Waals surface area contributed by atoms with Gasteiger partial charge < -0.3 is 9.80 Å². The molecule has 0 N–H and O–H groups in total. The van der Waals surface area contributed by atoms with Gasteiger partial charge >= 0.3 is 0 Å². The molecule has 2 unspecified atom stereocenters. The second-order valence-electron chi connectivity index (χ2n) is 7.56. The molecule has 2 fully saturated rings. The summed E-state index contributed by atoms with van der Waals surface area (Å²) in [7, 11) is 0. The quantitative estimate of drug-likeness (QED) is 0.823.